The minimum Gasteiger partial charge on any atom is -0.395 e. The van der Waals surface area contributed by atoms with Crippen LogP contribution in [0.4, 0.5) is 13.2 Å². The highest BCUT2D eigenvalue weighted by Crippen LogP contribution is 2.32. The first-order chi connectivity index (χ1) is 16.1. The molecule has 1 fully saturated rings. The fourth-order valence-corrected chi connectivity index (χ4v) is 5.40. The summed E-state index contributed by atoms with van der Waals surface area (Å²) < 4.78 is 70.7. The number of benzene rings is 1. The van der Waals surface area contributed by atoms with Crippen molar-refractivity contribution in [1.82, 2.24) is 9.21 Å². The van der Waals surface area contributed by atoms with Crippen LogP contribution in [0.15, 0.2) is 41.3 Å². The number of sulfonamides is 1. The van der Waals surface area contributed by atoms with Crippen LogP contribution in [0.2, 0.25) is 0 Å². The highest BCUT2D eigenvalue weighted by Gasteiger charge is 2.32. The van der Waals surface area contributed by atoms with Gasteiger partial charge in [-0.05, 0) is 68.3 Å². The van der Waals surface area contributed by atoms with Crippen molar-refractivity contribution in [2.24, 2.45) is 11.8 Å². The summed E-state index contributed by atoms with van der Waals surface area (Å²) in [6.45, 7) is 6.10. The summed E-state index contributed by atoms with van der Waals surface area (Å²) >= 11 is 0. The zero-order chi connectivity index (χ0) is 25.2. The number of halogens is 3. The molecule has 0 atom stereocenters. The molecule has 0 spiro atoms. The second kappa shape index (κ2) is 13.6. The number of aliphatic hydroxyl groups excluding tert-OH is 1. The van der Waals surface area contributed by atoms with E-state index in [4.69, 9.17) is 9.84 Å². The smallest absolute Gasteiger partial charge is 0.395 e. The van der Waals surface area contributed by atoms with Gasteiger partial charge >= 0.3 is 6.18 Å². The molecule has 0 saturated heterocycles. The Morgan fingerprint density at radius 3 is 2.26 bits per heavy atom. The Morgan fingerprint density at radius 2 is 1.71 bits per heavy atom. The lowest BCUT2D eigenvalue weighted by atomic mass is 9.82. The Hall–Kier alpha value is -1.46. The number of hydrogen-bond acceptors (Lipinski definition) is 5. The molecule has 2 rings (SSSR count). The normalized spacial score (nSPS) is 20.0. The van der Waals surface area contributed by atoms with Crippen LogP contribution >= 0.6 is 0 Å². The van der Waals surface area contributed by atoms with Gasteiger partial charge in [0.1, 0.15) is 0 Å². The molecule has 0 bridgehead atoms. The molecule has 1 aliphatic carbocycles. The molecule has 10 heteroatoms. The van der Waals surface area contributed by atoms with Crippen molar-refractivity contribution in [3.63, 3.8) is 0 Å². The van der Waals surface area contributed by atoms with Crippen molar-refractivity contribution in [3.05, 3.63) is 42.0 Å². The third kappa shape index (κ3) is 8.96. The fourth-order valence-electron chi connectivity index (χ4n) is 4.15. The van der Waals surface area contributed by atoms with Gasteiger partial charge in [0.2, 0.25) is 10.0 Å². The second-order valence-corrected chi connectivity index (χ2v) is 10.9. The first kappa shape index (κ1) is 28.8. The molecule has 0 aliphatic heterocycles. The van der Waals surface area contributed by atoms with E-state index in [1.54, 1.807) is 0 Å². The quantitative estimate of drug-likeness (QED) is 0.323. The maximum absolute atomic E-state index is 12.8. The number of aliphatic hydroxyl groups is 1. The standard InChI is InChI=1S/C24H37F3N2O4S/c1-3-29(15-16-30)14-4-5-17-33-19-21-8-6-20(7-9-21)18-28(2)34(31,32)23-12-10-22(11-13-23)24(25,26)27/h4-5,10-13,20-21,30H,3,6-9,14-19H2,1-2H3. The van der Waals surface area contributed by atoms with Gasteiger partial charge in [-0.2, -0.15) is 13.2 Å². The lowest BCUT2D eigenvalue weighted by Gasteiger charge is -2.30. The number of ether oxygens (including phenoxy) is 1. The van der Waals surface area contributed by atoms with Gasteiger partial charge in [0.25, 0.3) is 0 Å². The van der Waals surface area contributed by atoms with E-state index < -0.39 is 21.8 Å². The first-order valence-corrected chi connectivity index (χ1v) is 13.2. The molecule has 0 heterocycles. The van der Waals surface area contributed by atoms with Crippen LogP contribution in [0.5, 0.6) is 0 Å². The number of nitrogens with zero attached hydrogens (tertiary/aromatic N) is 2. The predicted octanol–water partition coefficient (Wildman–Crippen LogP) is 4.02. The molecule has 0 amide bonds. The maximum Gasteiger partial charge on any atom is 0.416 e. The molecule has 0 radical (unpaired) electrons. The van der Waals surface area contributed by atoms with Gasteiger partial charge in [-0.3, -0.25) is 4.90 Å². The van der Waals surface area contributed by atoms with Crippen LogP contribution in [0.1, 0.15) is 38.2 Å². The molecular weight excluding hydrogens is 469 g/mol. The van der Waals surface area contributed by atoms with Gasteiger partial charge < -0.3 is 9.84 Å². The average Bonchev–Trinajstić information content (AvgIpc) is 2.81. The molecule has 34 heavy (non-hydrogen) atoms. The number of alkyl halides is 3. The van der Waals surface area contributed by atoms with Crippen LogP contribution in [-0.2, 0) is 20.9 Å². The maximum atomic E-state index is 12.8. The van der Waals surface area contributed by atoms with Crippen molar-refractivity contribution in [2.45, 2.75) is 43.7 Å². The topological polar surface area (TPSA) is 70.1 Å². The molecule has 1 saturated carbocycles. The summed E-state index contributed by atoms with van der Waals surface area (Å²) in [4.78, 5) is 2.00. The Kier molecular flexibility index (Phi) is 11.5. The summed E-state index contributed by atoms with van der Waals surface area (Å²) in [6, 6.07) is 3.64. The van der Waals surface area contributed by atoms with Crippen LogP contribution in [-0.4, -0.2) is 75.8 Å². The van der Waals surface area contributed by atoms with Crippen LogP contribution < -0.4 is 0 Å². The molecule has 0 aromatic heterocycles. The predicted molar refractivity (Wildman–Crippen MR) is 126 cm³/mol. The monoisotopic (exact) mass is 506 g/mol. The Bertz CT molecular complexity index is 852. The van der Waals surface area contributed by atoms with Gasteiger partial charge in [0.05, 0.1) is 23.7 Å². The summed E-state index contributed by atoms with van der Waals surface area (Å²) in [6.07, 6.45) is 3.25. The molecule has 6 nitrogen and oxygen atoms in total. The lowest BCUT2D eigenvalue weighted by Crippen LogP contribution is -2.34. The Labute approximate surface area is 201 Å². The molecule has 194 valence electrons. The van der Waals surface area contributed by atoms with Gasteiger partial charge in [-0.1, -0.05) is 19.1 Å². The highest BCUT2D eigenvalue weighted by molar-refractivity contribution is 7.89. The van der Waals surface area contributed by atoms with E-state index in [1.165, 1.54) is 11.4 Å². The zero-order valence-electron chi connectivity index (χ0n) is 20.0. The van der Waals surface area contributed by atoms with Crippen LogP contribution in [0.3, 0.4) is 0 Å². The average molecular weight is 507 g/mol. The molecule has 1 N–H and O–H groups in total. The largest absolute Gasteiger partial charge is 0.416 e. The van der Waals surface area contributed by atoms with Crippen molar-refractivity contribution in [1.29, 1.82) is 0 Å². The number of hydrogen-bond donors (Lipinski definition) is 1. The van der Waals surface area contributed by atoms with E-state index in [9.17, 15) is 21.6 Å². The molecule has 0 unspecified atom stereocenters. The molecule has 1 aromatic carbocycles. The summed E-state index contributed by atoms with van der Waals surface area (Å²) in [5, 5.41) is 8.99. The van der Waals surface area contributed by atoms with Crippen LogP contribution in [0.25, 0.3) is 0 Å². The third-order valence-electron chi connectivity index (χ3n) is 6.33. The molecular formula is C24H37F3N2O4S. The summed E-state index contributed by atoms with van der Waals surface area (Å²) in [5.41, 5.74) is -0.866. The van der Waals surface area contributed by atoms with Crippen molar-refractivity contribution in [3.8, 4) is 0 Å². The lowest BCUT2D eigenvalue weighted by molar-refractivity contribution is -0.137. The van der Waals surface area contributed by atoms with Gasteiger partial charge in [0, 0.05) is 33.3 Å². The van der Waals surface area contributed by atoms with E-state index in [1.807, 2.05) is 12.2 Å². The zero-order valence-corrected chi connectivity index (χ0v) is 20.8. The fraction of sp³-hybridized carbons (Fsp3) is 0.667. The van der Waals surface area contributed by atoms with E-state index in [0.717, 1.165) is 63.0 Å². The highest BCUT2D eigenvalue weighted by atomic mass is 32.2. The van der Waals surface area contributed by atoms with Gasteiger partial charge in [0.15, 0.2) is 0 Å². The van der Waals surface area contributed by atoms with E-state index >= 15 is 0 Å². The SMILES string of the molecule is CCN(CC=CCOCC1CCC(CN(C)S(=O)(=O)c2ccc(C(F)(F)F)cc2)CC1)CCO. The van der Waals surface area contributed by atoms with E-state index in [-0.39, 0.29) is 17.4 Å². The third-order valence-corrected chi connectivity index (χ3v) is 8.17. The minimum atomic E-state index is -4.50. The van der Waals surface area contributed by atoms with Crippen LogP contribution in [0, 0.1) is 11.8 Å². The van der Waals surface area contributed by atoms with Crippen molar-refractivity contribution >= 4 is 10.0 Å². The molecule has 1 aromatic rings. The van der Waals surface area contributed by atoms with Gasteiger partial charge in [-0.15, -0.1) is 0 Å². The van der Waals surface area contributed by atoms with Gasteiger partial charge in [-0.25, -0.2) is 12.7 Å². The number of rotatable bonds is 13. The molecule has 1 aliphatic rings. The summed E-state index contributed by atoms with van der Waals surface area (Å²) in [7, 11) is -2.35. The van der Waals surface area contributed by atoms with E-state index in [2.05, 4.69) is 11.8 Å². The Morgan fingerprint density at radius 1 is 1.09 bits per heavy atom. The summed E-state index contributed by atoms with van der Waals surface area (Å²) in [5.74, 6) is 0.667. The minimum absolute atomic E-state index is 0.128. The Balaban J connectivity index is 1.72. The first-order valence-electron chi connectivity index (χ1n) is 11.8. The number of likely N-dealkylation sites (N-methyl/N-ethyl adjacent to an activating group) is 1. The van der Waals surface area contributed by atoms with Crippen molar-refractivity contribution in [2.75, 3.05) is 53.0 Å². The second-order valence-electron chi connectivity index (χ2n) is 8.82. The van der Waals surface area contributed by atoms with Crippen molar-refractivity contribution < 1.29 is 31.4 Å². The van der Waals surface area contributed by atoms with E-state index in [0.29, 0.717) is 32.2 Å².